The first-order valence-electron chi connectivity index (χ1n) is 10.3. The highest BCUT2D eigenvalue weighted by atomic mass is 16.5. The molecule has 0 aromatic heterocycles. The third kappa shape index (κ3) is 9.23. The van der Waals surface area contributed by atoms with E-state index >= 15 is 0 Å². The Labute approximate surface area is 195 Å². The van der Waals surface area contributed by atoms with Crippen molar-refractivity contribution < 1.29 is 38.9 Å². The van der Waals surface area contributed by atoms with Crippen molar-refractivity contribution in [1.29, 1.82) is 0 Å². The Morgan fingerprint density at radius 2 is 1.00 bits per heavy atom. The van der Waals surface area contributed by atoms with Crippen LogP contribution in [0.1, 0.15) is 11.1 Å². The third-order valence-corrected chi connectivity index (χ3v) is 4.56. The van der Waals surface area contributed by atoms with Crippen LogP contribution in [0.2, 0.25) is 0 Å². The number of esters is 2. The Morgan fingerprint density at radius 3 is 1.32 bits per heavy atom. The lowest BCUT2D eigenvalue weighted by molar-refractivity contribution is -0.148. The predicted octanol–water partition coefficient (Wildman–Crippen LogP) is 0.318. The van der Waals surface area contributed by atoms with E-state index in [0.717, 1.165) is 12.2 Å². The molecule has 2 unspecified atom stereocenters. The second-order valence-electron chi connectivity index (χ2n) is 7.44. The molecule has 0 heterocycles. The molecule has 2 atom stereocenters. The fourth-order valence-corrected chi connectivity index (χ4v) is 2.72. The van der Waals surface area contributed by atoms with Gasteiger partial charge in [0.1, 0.15) is 23.6 Å². The van der Waals surface area contributed by atoms with Crippen molar-refractivity contribution in [1.82, 2.24) is 0 Å². The van der Waals surface area contributed by atoms with Crippen molar-refractivity contribution in [2.45, 2.75) is 24.9 Å². The maximum Gasteiger partial charge on any atom is 0.323 e. The monoisotopic (exact) mass is 470 g/mol. The first-order valence-corrected chi connectivity index (χ1v) is 10.3. The van der Waals surface area contributed by atoms with Gasteiger partial charge in [0.25, 0.3) is 0 Å². The average Bonchev–Trinajstić information content (AvgIpc) is 2.82. The number of nitrogens with two attached hydrogens (primary N) is 2. The van der Waals surface area contributed by atoms with Crippen LogP contribution >= 0.6 is 0 Å². The van der Waals surface area contributed by atoms with E-state index in [-0.39, 0.29) is 24.3 Å². The van der Waals surface area contributed by atoms with Crippen LogP contribution in [0.25, 0.3) is 0 Å². The molecule has 34 heavy (non-hydrogen) atoms. The van der Waals surface area contributed by atoms with Gasteiger partial charge in [0.15, 0.2) is 24.8 Å². The van der Waals surface area contributed by atoms with Crippen molar-refractivity contribution in [2.75, 3.05) is 13.2 Å². The van der Waals surface area contributed by atoms with Crippen molar-refractivity contribution in [2.24, 2.45) is 11.5 Å². The fourth-order valence-electron chi connectivity index (χ4n) is 2.72. The van der Waals surface area contributed by atoms with Gasteiger partial charge in [0.2, 0.25) is 0 Å². The molecular formula is C24H26N2O8. The molecule has 0 aliphatic rings. The molecule has 0 radical (unpaired) electrons. The van der Waals surface area contributed by atoms with Crippen LogP contribution in [0, 0.1) is 0 Å². The van der Waals surface area contributed by atoms with Crippen molar-refractivity contribution in [3.8, 4) is 11.5 Å². The van der Waals surface area contributed by atoms with E-state index in [0.29, 0.717) is 11.1 Å². The summed E-state index contributed by atoms with van der Waals surface area (Å²) in [5.41, 5.74) is 12.9. The molecule has 0 aliphatic heterocycles. The highest BCUT2D eigenvalue weighted by Gasteiger charge is 2.18. The third-order valence-electron chi connectivity index (χ3n) is 4.56. The summed E-state index contributed by atoms with van der Waals surface area (Å²) in [6.45, 7) is -1.22. The second kappa shape index (κ2) is 12.9. The van der Waals surface area contributed by atoms with Crippen molar-refractivity contribution in [3.05, 3.63) is 71.8 Å². The fraction of sp³-hybridized carbons (Fsp3) is 0.250. The van der Waals surface area contributed by atoms with Crippen LogP contribution in [0.3, 0.4) is 0 Å². The summed E-state index contributed by atoms with van der Waals surface area (Å²) < 4.78 is 9.69. The number of hydrogen-bond acceptors (Lipinski definition) is 10. The normalized spacial score (nSPS) is 12.6. The lowest BCUT2D eigenvalue weighted by atomic mass is 10.1. The maximum absolute atomic E-state index is 11.9. The molecule has 0 aliphatic carbocycles. The summed E-state index contributed by atoms with van der Waals surface area (Å²) in [7, 11) is 0. The standard InChI is InChI=1S/C24H26N2O8/c25-21(11-15-1-5-17(27)6-2-15)23(31)33-13-19(29)9-10-20(30)14-34-24(32)22(26)12-16-3-7-18(28)8-4-16/h1-10,21-22,27-28H,11-14,25-26H2/b10-9-. The van der Waals surface area contributed by atoms with E-state index < -0.39 is 48.8 Å². The molecule has 10 heteroatoms. The average molecular weight is 470 g/mol. The lowest BCUT2D eigenvalue weighted by Gasteiger charge is -2.11. The number of carbonyl (C=O) groups excluding carboxylic acids is 4. The van der Waals surface area contributed by atoms with Crippen LogP contribution in [-0.2, 0) is 41.5 Å². The number of ketones is 2. The number of ether oxygens (including phenoxy) is 2. The van der Waals surface area contributed by atoms with Crippen LogP contribution in [0.4, 0.5) is 0 Å². The molecular weight excluding hydrogens is 444 g/mol. The quantitative estimate of drug-likeness (QED) is 0.249. The summed E-state index contributed by atoms with van der Waals surface area (Å²) in [5, 5.41) is 18.5. The Kier molecular flexibility index (Phi) is 9.93. The largest absolute Gasteiger partial charge is 0.508 e. The van der Waals surface area contributed by atoms with Crippen LogP contribution < -0.4 is 11.5 Å². The number of phenolic OH excluding ortho intramolecular Hbond substituents is 2. The van der Waals surface area contributed by atoms with Crippen LogP contribution in [0.5, 0.6) is 11.5 Å². The molecule has 6 N–H and O–H groups in total. The molecule has 10 nitrogen and oxygen atoms in total. The molecule has 0 fully saturated rings. The van der Waals surface area contributed by atoms with Gasteiger partial charge in [-0.15, -0.1) is 0 Å². The number of aromatic hydroxyl groups is 2. The maximum atomic E-state index is 11.9. The summed E-state index contributed by atoms with van der Waals surface area (Å²) in [6, 6.07) is 10.2. The number of rotatable bonds is 12. The van der Waals surface area contributed by atoms with Crippen molar-refractivity contribution in [3.63, 3.8) is 0 Å². The van der Waals surface area contributed by atoms with Gasteiger partial charge in [0, 0.05) is 0 Å². The number of benzene rings is 2. The van der Waals surface area contributed by atoms with Crippen molar-refractivity contribution >= 4 is 23.5 Å². The second-order valence-corrected chi connectivity index (χ2v) is 7.44. The SMILES string of the molecule is NC(Cc1ccc(O)cc1)C(=O)OCC(=O)/C=C\C(=O)COC(=O)C(N)Cc1ccc(O)cc1. The molecule has 2 aromatic rings. The van der Waals surface area contributed by atoms with Gasteiger partial charge < -0.3 is 31.2 Å². The zero-order chi connectivity index (χ0) is 25.1. The molecule has 0 bridgehead atoms. The molecule has 180 valence electrons. The van der Waals surface area contributed by atoms with Gasteiger partial charge in [0.05, 0.1) is 0 Å². The Balaban J connectivity index is 1.68. The van der Waals surface area contributed by atoms with E-state index in [1.807, 2.05) is 0 Å². The Bertz CT molecular complexity index is 948. The Hall–Kier alpha value is -4.02. The topological polar surface area (TPSA) is 179 Å². The highest BCUT2D eigenvalue weighted by molar-refractivity contribution is 6.00. The van der Waals surface area contributed by atoms with Gasteiger partial charge in [-0.25, -0.2) is 0 Å². The van der Waals surface area contributed by atoms with E-state index in [4.69, 9.17) is 20.9 Å². The molecule has 0 saturated heterocycles. The van der Waals surface area contributed by atoms with E-state index in [2.05, 4.69) is 0 Å². The molecule has 0 saturated carbocycles. The van der Waals surface area contributed by atoms with Gasteiger partial charge in [-0.05, 0) is 60.4 Å². The van der Waals surface area contributed by atoms with E-state index in [1.54, 1.807) is 24.3 Å². The molecule has 0 amide bonds. The summed E-state index contributed by atoms with van der Waals surface area (Å²) >= 11 is 0. The molecule has 2 rings (SSSR count). The predicted molar refractivity (Wildman–Crippen MR) is 121 cm³/mol. The number of hydrogen-bond donors (Lipinski definition) is 4. The summed E-state index contributed by atoms with van der Waals surface area (Å²) in [6.07, 6.45) is 2.13. The summed E-state index contributed by atoms with van der Waals surface area (Å²) in [5.74, 6) is -2.74. The number of phenols is 2. The van der Waals surface area contributed by atoms with Gasteiger partial charge in [-0.3, -0.25) is 19.2 Å². The van der Waals surface area contributed by atoms with Crippen LogP contribution in [0.15, 0.2) is 60.7 Å². The Morgan fingerprint density at radius 1 is 0.676 bits per heavy atom. The van der Waals surface area contributed by atoms with Gasteiger partial charge >= 0.3 is 11.9 Å². The minimum absolute atomic E-state index is 0.0820. The first kappa shape index (κ1) is 26.2. The van der Waals surface area contributed by atoms with Gasteiger partial charge in [-0.1, -0.05) is 24.3 Å². The summed E-state index contributed by atoms with van der Waals surface area (Å²) in [4.78, 5) is 47.5. The molecule has 0 spiro atoms. The van der Waals surface area contributed by atoms with Crippen LogP contribution in [-0.4, -0.2) is 59.0 Å². The lowest BCUT2D eigenvalue weighted by Crippen LogP contribution is -2.35. The van der Waals surface area contributed by atoms with E-state index in [1.165, 1.54) is 24.3 Å². The smallest absolute Gasteiger partial charge is 0.323 e. The zero-order valence-corrected chi connectivity index (χ0v) is 18.3. The first-order chi connectivity index (χ1) is 16.1. The van der Waals surface area contributed by atoms with Gasteiger partial charge in [-0.2, -0.15) is 0 Å². The molecule has 2 aromatic carbocycles. The minimum atomic E-state index is -1.01. The zero-order valence-electron chi connectivity index (χ0n) is 18.3. The number of carbonyl (C=O) groups is 4. The highest BCUT2D eigenvalue weighted by Crippen LogP contribution is 2.12. The van der Waals surface area contributed by atoms with E-state index in [9.17, 15) is 29.4 Å². The minimum Gasteiger partial charge on any atom is -0.508 e.